The lowest BCUT2D eigenvalue weighted by Crippen LogP contribution is -2.34. The molecule has 0 saturated heterocycles. The summed E-state index contributed by atoms with van der Waals surface area (Å²) in [5.74, 6) is 2.38. The van der Waals surface area contributed by atoms with Gasteiger partial charge in [-0.1, -0.05) is 127 Å². The van der Waals surface area contributed by atoms with Crippen LogP contribution in [0.2, 0.25) is 0 Å². The van der Waals surface area contributed by atoms with Gasteiger partial charge >= 0.3 is 0 Å². The summed E-state index contributed by atoms with van der Waals surface area (Å²) in [7, 11) is 0. The highest BCUT2D eigenvalue weighted by Crippen LogP contribution is 2.61. The number of pyridine rings is 1. The van der Waals surface area contributed by atoms with Crippen molar-refractivity contribution >= 4 is 0 Å². The van der Waals surface area contributed by atoms with Gasteiger partial charge in [-0.25, -0.2) is 9.97 Å². The minimum atomic E-state index is -0.687. The fourth-order valence-corrected chi connectivity index (χ4v) is 7.94. The number of rotatable bonds is 3. The summed E-state index contributed by atoms with van der Waals surface area (Å²) in [5, 5.41) is 0. The molecule has 6 aromatic carbocycles. The van der Waals surface area contributed by atoms with Crippen LogP contribution in [0.15, 0.2) is 176 Å². The van der Waals surface area contributed by atoms with Crippen molar-refractivity contribution in [3.05, 3.63) is 198 Å². The number of hydrogen-bond donors (Lipinski definition) is 0. The lowest BCUT2D eigenvalue weighted by atomic mass is 9.62. The van der Waals surface area contributed by atoms with Crippen molar-refractivity contribution in [2.75, 3.05) is 0 Å². The zero-order valence-electron chi connectivity index (χ0n) is 27.0. The number of fused-ring (bicyclic) bond motifs is 11. The summed E-state index contributed by atoms with van der Waals surface area (Å²) >= 11 is 0. The molecular formula is C46H29N3O. The molecular weight excluding hydrogens is 611 g/mol. The SMILES string of the molecule is c1ccc(-c2nc(-c3cccnc3)cc(-c3ccc4c(c3)C3(c5ccccc5Oc5ccccc53)c3ccccc3-c3ccccc3-4)n2)cc1. The minimum absolute atomic E-state index is 0.670. The second kappa shape index (κ2) is 11.2. The van der Waals surface area contributed by atoms with Gasteiger partial charge in [0.15, 0.2) is 5.82 Å². The highest BCUT2D eigenvalue weighted by Gasteiger charge is 2.49. The first-order valence-electron chi connectivity index (χ1n) is 16.8. The highest BCUT2D eigenvalue weighted by atomic mass is 16.5. The second-order valence-electron chi connectivity index (χ2n) is 12.8. The first-order valence-corrected chi connectivity index (χ1v) is 16.8. The Morgan fingerprint density at radius 2 is 0.960 bits per heavy atom. The van der Waals surface area contributed by atoms with Crippen LogP contribution >= 0.6 is 0 Å². The van der Waals surface area contributed by atoms with E-state index in [1.54, 1.807) is 6.20 Å². The Hall–Kier alpha value is -6.65. The number of para-hydroxylation sites is 2. The molecule has 4 nitrogen and oxygen atoms in total. The summed E-state index contributed by atoms with van der Waals surface area (Å²) in [6, 6.07) is 57.8. The van der Waals surface area contributed by atoms with E-state index in [4.69, 9.17) is 14.7 Å². The third-order valence-electron chi connectivity index (χ3n) is 10.1. The van der Waals surface area contributed by atoms with Crippen LogP contribution in [0.1, 0.15) is 22.3 Å². The average molecular weight is 640 g/mol. The maximum absolute atomic E-state index is 6.67. The van der Waals surface area contributed by atoms with Crippen molar-refractivity contribution in [3.8, 4) is 67.7 Å². The number of nitrogens with zero attached hydrogens (tertiary/aromatic N) is 3. The molecule has 4 heteroatoms. The first kappa shape index (κ1) is 28.4. The lowest BCUT2D eigenvalue weighted by molar-refractivity contribution is 0.435. The molecule has 2 aliphatic rings. The van der Waals surface area contributed by atoms with Crippen LogP contribution in [-0.2, 0) is 5.41 Å². The minimum Gasteiger partial charge on any atom is -0.457 e. The van der Waals surface area contributed by atoms with Crippen LogP contribution < -0.4 is 4.74 Å². The van der Waals surface area contributed by atoms with Gasteiger partial charge in [-0.05, 0) is 69.8 Å². The molecule has 1 aliphatic heterocycles. The number of benzene rings is 6. The van der Waals surface area contributed by atoms with Crippen molar-refractivity contribution in [1.29, 1.82) is 0 Å². The molecule has 234 valence electrons. The third-order valence-corrected chi connectivity index (χ3v) is 10.1. The van der Waals surface area contributed by atoms with Crippen molar-refractivity contribution in [2.24, 2.45) is 0 Å². The van der Waals surface area contributed by atoms with Crippen LogP contribution in [0.4, 0.5) is 0 Å². The van der Waals surface area contributed by atoms with Gasteiger partial charge in [-0.15, -0.1) is 0 Å². The summed E-state index contributed by atoms with van der Waals surface area (Å²) in [6.45, 7) is 0. The summed E-state index contributed by atoms with van der Waals surface area (Å²) in [4.78, 5) is 14.7. The topological polar surface area (TPSA) is 47.9 Å². The molecule has 1 spiro atoms. The molecule has 0 radical (unpaired) electrons. The molecule has 10 rings (SSSR count). The highest BCUT2D eigenvalue weighted by molar-refractivity contribution is 5.94. The van der Waals surface area contributed by atoms with Gasteiger partial charge < -0.3 is 4.74 Å². The van der Waals surface area contributed by atoms with E-state index in [9.17, 15) is 0 Å². The van der Waals surface area contributed by atoms with Gasteiger partial charge in [0, 0.05) is 40.2 Å². The van der Waals surface area contributed by atoms with E-state index in [1.807, 2.05) is 36.5 Å². The van der Waals surface area contributed by atoms with E-state index in [-0.39, 0.29) is 0 Å². The van der Waals surface area contributed by atoms with Crippen molar-refractivity contribution < 1.29 is 4.74 Å². The van der Waals surface area contributed by atoms with Crippen molar-refractivity contribution in [2.45, 2.75) is 5.41 Å². The fourth-order valence-electron chi connectivity index (χ4n) is 7.94. The Bertz CT molecular complexity index is 2480. The molecule has 0 unspecified atom stereocenters. The second-order valence-corrected chi connectivity index (χ2v) is 12.8. The van der Waals surface area contributed by atoms with E-state index >= 15 is 0 Å². The maximum Gasteiger partial charge on any atom is 0.160 e. The predicted molar refractivity (Wildman–Crippen MR) is 199 cm³/mol. The summed E-state index contributed by atoms with van der Waals surface area (Å²) in [5.41, 5.74) is 13.3. The van der Waals surface area contributed by atoms with Crippen LogP contribution in [0.3, 0.4) is 0 Å². The molecule has 2 aromatic heterocycles. The lowest BCUT2D eigenvalue weighted by Gasteiger charge is -2.42. The summed E-state index contributed by atoms with van der Waals surface area (Å²) in [6.07, 6.45) is 3.64. The molecule has 3 heterocycles. The van der Waals surface area contributed by atoms with E-state index in [0.29, 0.717) is 5.82 Å². The Morgan fingerprint density at radius 3 is 1.64 bits per heavy atom. The molecule has 0 atom stereocenters. The molecule has 1 aliphatic carbocycles. The van der Waals surface area contributed by atoms with E-state index in [1.165, 1.54) is 33.4 Å². The van der Waals surface area contributed by atoms with E-state index in [0.717, 1.165) is 50.7 Å². The Balaban J connectivity index is 1.33. The molecule has 8 aromatic rings. The Morgan fingerprint density at radius 1 is 0.400 bits per heavy atom. The molecule has 0 N–H and O–H groups in total. The van der Waals surface area contributed by atoms with Gasteiger partial charge in [0.05, 0.1) is 16.8 Å². The molecule has 0 saturated carbocycles. The molecule has 0 amide bonds. The van der Waals surface area contributed by atoms with Crippen LogP contribution in [0, 0.1) is 0 Å². The van der Waals surface area contributed by atoms with Crippen molar-refractivity contribution in [1.82, 2.24) is 15.0 Å². The average Bonchev–Trinajstić information content (AvgIpc) is 3.30. The summed E-state index contributed by atoms with van der Waals surface area (Å²) < 4.78 is 6.67. The third kappa shape index (κ3) is 4.22. The number of aromatic nitrogens is 3. The van der Waals surface area contributed by atoms with Gasteiger partial charge in [0.1, 0.15) is 11.5 Å². The Kier molecular flexibility index (Phi) is 6.36. The first-order chi connectivity index (χ1) is 24.8. The van der Waals surface area contributed by atoms with Gasteiger partial charge in [-0.3, -0.25) is 4.98 Å². The van der Waals surface area contributed by atoms with Gasteiger partial charge in [0.25, 0.3) is 0 Å². The van der Waals surface area contributed by atoms with Gasteiger partial charge in [0.2, 0.25) is 0 Å². The monoisotopic (exact) mass is 639 g/mol. The normalized spacial score (nSPS) is 13.1. The fraction of sp³-hybridized carbons (Fsp3) is 0.0217. The Labute approximate surface area is 290 Å². The van der Waals surface area contributed by atoms with Crippen LogP contribution in [-0.4, -0.2) is 15.0 Å². The van der Waals surface area contributed by atoms with Crippen LogP contribution in [0.5, 0.6) is 11.5 Å². The smallest absolute Gasteiger partial charge is 0.160 e. The van der Waals surface area contributed by atoms with Gasteiger partial charge in [-0.2, -0.15) is 0 Å². The largest absolute Gasteiger partial charge is 0.457 e. The molecule has 0 bridgehead atoms. The molecule has 50 heavy (non-hydrogen) atoms. The standard InChI is InChI=1S/C46H29N3O/c1-2-13-30(14-3-1)45-48-41(28-42(49-45)32-15-12-26-47-29-32)31-24-25-36-34-17-5-4-16-33(34)35-18-6-7-19-37(35)46(40(36)27-31)38-20-8-10-22-43(38)50-44-23-11-9-21-39(44)46/h1-29H. The molecule has 0 fully saturated rings. The quantitative estimate of drug-likeness (QED) is 0.193. The zero-order chi connectivity index (χ0) is 33.1. The van der Waals surface area contributed by atoms with Crippen molar-refractivity contribution in [3.63, 3.8) is 0 Å². The van der Waals surface area contributed by atoms with E-state index < -0.39 is 5.41 Å². The predicted octanol–water partition coefficient (Wildman–Crippen LogP) is 11.0. The number of hydrogen-bond acceptors (Lipinski definition) is 4. The zero-order valence-corrected chi connectivity index (χ0v) is 27.0. The van der Waals surface area contributed by atoms with E-state index in [2.05, 4.69) is 138 Å². The van der Waals surface area contributed by atoms with Crippen LogP contribution in [0.25, 0.3) is 56.2 Å². The number of ether oxygens (including phenoxy) is 1. The maximum atomic E-state index is 6.67.